The molecule has 17 heavy (non-hydrogen) atoms. The molecular formula is C11H8BrN3S2. The van der Waals surface area contributed by atoms with E-state index >= 15 is 0 Å². The quantitative estimate of drug-likeness (QED) is 0.859. The normalized spacial score (nSPS) is 10.2. The van der Waals surface area contributed by atoms with Gasteiger partial charge in [0.25, 0.3) is 0 Å². The van der Waals surface area contributed by atoms with E-state index in [9.17, 15) is 0 Å². The molecule has 6 heteroatoms. The van der Waals surface area contributed by atoms with Crippen molar-refractivity contribution < 1.29 is 0 Å². The molecule has 0 bridgehead atoms. The van der Waals surface area contributed by atoms with Gasteiger partial charge in [0.05, 0.1) is 11.6 Å². The van der Waals surface area contributed by atoms with Crippen LogP contribution in [0.1, 0.15) is 18.3 Å². The first-order chi connectivity index (χ1) is 8.21. The summed E-state index contributed by atoms with van der Waals surface area (Å²) in [5.41, 5.74) is 0.641. The van der Waals surface area contributed by atoms with E-state index in [0.717, 1.165) is 26.0 Å². The average Bonchev–Trinajstić information content (AvgIpc) is 2.76. The van der Waals surface area contributed by atoms with E-state index in [1.165, 1.54) is 23.3 Å². The van der Waals surface area contributed by atoms with Crippen LogP contribution < -0.4 is 0 Å². The second-order valence-corrected chi connectivity index (χ2v) is 6.21. The van der Waals surface area contributed by atoms with Crippen molar-refractivity contribution in [2.75, 3.05) is 0 Å². The molecule has 0 N–H and O–H groups in total. The van der Waals surface area contributed by atoms with Crippen LogP contribution in [0.15, 0.2) is 31.9 Å². The number of nitriles is 1. The monoisotopic (exact) mass is 325 g/mol. The second-order valence-electron chi connectivity index (χ2n) is 3.22. The topological polar surface area (TPSA) is 49.6 Å². The Hall–Kier alpha value is -0.900. The van der Waals surface area contributed by atoms with Crippen LogP contribution in [0.5, 0.6) is 0 Å². The van der Waals surface area contributed by atoms with Crippen molar-refractivity contribution >= 4 is 39.2 Å². The van der Waals surface area contributed by atoms with E-state index in [1.807, 2.05) is 19.1 Å². The molecule has 0 aliphatic heterocycles. The van der Waals surface area contributed by atoms with Crippen LogP contribution in [0.2, 0.25) is 0 Å². The highest BCUT2D eigenvalue weighted by Crippen LogP contribution is 2.31. The number of nitrogens with zero attached hydrogens (tertiary/aromatic N) is 3. The zero-order valence-corrected chi connectivity index (χ0v) is 12.2. The van der Waals surface area contributed by atoms with Crippen LogP contribution in [0.25, 0.3) is 0 Å². The predicted molar refractivity (Wildman–Crippen MR) is 72.3 cm³/mol. The number of aryl methyl sites for hydroxylation is 1. The molecular weight excluding hydrogens is 318 g/mol. The van der Waals surface area contributed by atoms with Gasteiger partial charge in [0.2, 0.25) is 0 Å². The van der Waals surface area contributed by atoms with Crippen molar-refractivity contribution in [1.82, 2.24) is 9.36 Å². The maximum atomic E-state index is 8.89. The fourth-order valence-electron chi connectivity index (χ4n) is 1.21. The third kappa shape index (κ3) is 3.28. The number of rotatable bonds is 3. The standard InChI is InChI=1S/C11H8BrN3S2/c1-2-10-14-11(17-15-10)16-9-4-7(6-13)3-8(12)5-9/h3-5H,2H2,1H3. The summed E-state index contributed by atoms with van der Waals surface area (Å²) in [5, 5.41) is 8.89. The summed E-state index contributed by atoms with van der Waals surface area (Å²) in [6.45, 7) is 2.03. The van der Waals surface area contributed by atoms with Gasteiger partial charge in [-0.15, -0.1) is 0 Å². The lowest BCUT2D eigenvalue weighted by molar-refractivity contribution is 0.971. The highest BCUT2D eigenvalue weighted by atomic mass is 79.9. The van der Waals surface area contributed by atoms with Gasteiger partial charge < -0.3 is 0 Å². The first-order valence-electron chi connectivity index (χ1n) is 4.92. The van der Waals surface area contributed by atoms with Crippen LogP contribution in [0.4, 0.5) is 0 Å². The Labute approximate surface area is 116 Å². The molecule has 1 heterocycles. The molecule has 0 unspecified atom stereocenters. The smallest absolute Gasteiger partial charge is 0.174 e. The van der Waals surface area contributed by atoms with Gasteiger partial charge in [0.15, 0.2) is 4.34 Å². The van der Waals surface area contributed by atoms with Crippen LogP contribution in [0.3, 0.4) is 0 Å². The highest BCUT2D eigenvalue weighted by molar-refractivity contribution is 9.10. The van der Waals surface area contributed by atoms with Crippen molar-refractivity contribution in [3.8, 4) is 6.07 Å². The van der Waals surface area contributed by atoms with Gasteiger partial charge in [0.1, 0.15) is 5.82 Å². The van der Waals surface area contributed by atoms with Crippen LogP contribution in [0, 0.1) is 11.3 Å². The van der Waals surface area contributed by atoms with E-state index in [1.54, 1.807) is 6.07 Å². The summed E-state index contributed by atoms with van der Waals surface area (Å²) in [4.78, 5) is 5.38. The molecule has 1 aromatic heterocycles. The molecule has 0 spiro atoms. The predicted octanol–water partition coefficient (Wildman–Crippen LogP) is 3.89. The third-order valence-electron chi connectivity index (χ3n) is 1.97. The number of halogens is 1. The van der Waals surface area contributed by atoms with E-state index in [4.69, 9.17) is 5.26 Å². The van der Waals surface area contributed by atoms with E-state index in [0.29, 0.717) is 5.56 Å². The summed E-state index contributed by atoms with van der Waals surface area (Å²) in [5.74, 6) is 0.869. The Morgan fingerprint density at radius 2 is 2.29 bits per heavy atom. The Morgan fingerprint density at radius 3 is 2.94 bits per heavy atom. The highest BCUT2D eigenvalue weighted by Gasteiger charge is 2.06. The van der Waals surface area contributed by atoms with Gasteiger partial charge in [-0.2, -0.15) is 9.64 Å². The van der Waals surface area contributed by atoms with Gasteiger partial charge in [-0.3, -0.25) is 0 Å². The fraction of sp³-hybridized carbons (Fsp3) is 0.182. The summed E-state index contributed by atoms with van der Waals surface area (Å²) in [6, 6.07) is 7.75. The van der Waals surface area contributed by atoms with Gasteiger partial charge in [-0.05, 0) is 29.7 Å². The van der Waals surface area contributed by atoms with E-state index in [2.05, 4.69) is 31.4 Å². The lowest BCUT2D eigenvalue weighted by atomic mass is 10.2. The molecule has 3 nitrogen and oxygen atoms in total. The average molecular weight is 326 g/mol. The lowest BCUT2D eigenvalue weighted by Crippen LogP contribution is -1.81. The molecule has 0 saturated carbocycles. The van der Waals surface area contributed by atoms with Crippen LogP contribution in [-0.4, -0.2) is 9.36 Å². The maximum Gasteiger partial charge on any atom is 0.174 e. The second kappa shape index (κ2) is 5.63. The largest absolute Gasteiger partial charge is 0.213 e. The molecule has 2 aromatic rings. The van der Waals surface area contributed by atoms with Crippen molar-refractivity contribution in [3.05, 3.63) is 34.1 Å². The first kappa shape index (κ1) is 12.6. The summed E-state index contributed by atoms with van der Waals surface area (Å²) in [6.07, 6.45) is 0.846. The van der Waals surface area contributed by atoms with E-state index < -0.39 is 0 Å². The fourth-order valence-corrected chi connectivity index (χ4v) is 3.63. The number of hydrogen-bond acceptors (Lipinski definition) is 5. The Bertz CT molecular complexity index is 574. The lowest BCUT2D eigenvalue weighted by Gasteiger charge is -1.99. The van der Waals surface area contributed by atoms with Gasteiger partial charge in [-0.1, -0.05) is 34.6 Å². The number of benzene rings is 1. The molecule has 0 fully saturated rings. The summed E-state index contributed by atoms with van der Waals surface area (Å²) >= 11 is 6.31. The zero-order valence-electron chi connectivity index (χ0n) is 8.98. The first-order valence-corrected chi connectivity index (χ1v) is 7.30. The minimum Gasteiger partial charge on any atom is -0.213 e. The van der Waals surface area contributed by atoms with Crippen molar-refractivity contribution in [2.24, 2.45) is 0 Å². The minimum atomic E-state index is 0.641. The van der Waals surface area contributed by atoms with E-state index in [-0.39, 0.29) is 0 Å². The SMILES string of the molecule is CCc1nsc(Sc2cc(Br)cc(C#N)c2)n1. The molecule has 1 aromatic carbocycles. The Kier molecular flexibility index (Phi) is 4.15. The summed E-state index contributed by atoms with van der Waals surface area (Å²) < 4.78 is 6.04. The zero-order chi connectivity index (χ0) is 12.3. The van der Waals surface area contributed by atoms with Gasteiger partial charge in [-0.25, -0.2) is 4.98 Å². The Morgan fingerprint density at radius 1 is 1.47 bits per heavy atom. The maximum absolute atomic E-state index is 8.89. The van der Waals surface area contributed by atoms with Gasteiger partial charge in [0, 0.05) is 15.8 Å². The van der Waals surface area contributed by atoms with Crippen molar-refractivity contribution in [1.29, 1.82) is 5.26 Å². The van der Waals surface area contributed by atoms with Crippen LogP contribution in [-0.2, 0) is 6.42 Å². The molecule has 0 amide bonds. The third-order valence-corrected chi connectivity index (χ3v) is 4.19. The molecule has 0 atom stereocenters. The van der Waals surface area contributed by atoms with Gasteiger partial charge >= 0.3 is 0 Å². The van der Waals surface area contributed by atoms with Crippen molar-refractivity contribution in [3.63, 3.8) is 0 Å². The minimum absolute atomic E-state index is 0.641. The number of hydrogen-bond donors (Lipinski definition) is 0. The van der Waals surface area contributed by atoms with Crippen LogP contribution >= 0.6 is 39.2 Å². The molecule has 0 radical (unpaired) electrons. The number of aromatic nitrogens is 2. The summed E-state index contributed by atoms with van der Waals surface area (Å²) in [7, 11) is 0. The molecule has 0 saturated heterocycles. The Balaban J connectivity index is 2.24. The molecule has 0 aliphatic carbocycles. The molecule has 0 aliphatic rings. The molecule has 2 rings (SSSR count). The molecule has 86 valence electrons. The van der Waals surface area contributed by atoms with Crippen molar-refractivity contribution in [2.45, 2.75) is 22.6 Å².